The molecule has 1 amide bonds. The summed E-state index contributed by atoms with van der Waals surface area (Å²) in [5.41, 5.74) is 2.79. The first-order valence-electron chi connectivity index (χ1n) is 10.7. The molecule has 5 nitrogen and oxygen atoms in total. The number of hydrogen-bond donors (Lipinski definition) is 2. The highest BCUT2D eigenvalue weighted by atomic mass is 31.0. The molecule has 0 bridgehead atoms. The van der Waals surface area contributed by atoms with E-state index in [1.54, 1.807) is 31.2 Å². The van der Waals surface area contributed by atoms with E-state index in [-0.39, 0.29) is 30.4 Å². The van der Waals surface area contributed by atoms with Crippen molar-refractivity contribution in [3.63, 3.8) is 0 Å². The number of furan rings is 1. The smallest absolute Gasteiger partial charge is 0.416 e. The van der Waals surface area contributed by atoms with Crippen molar-refractivity contribution in [2.24, 2.45) is 0 Å². The molecule has 1 atom stereocenters. The zero-order chi connectivity index (χ0) is 25.3. The molecule has 1 unspecified atom stereocenters. The average Bonchev–Trinajstić information content (AvgIpc) is 3.42. The second-order valence-corrected chi connectivity index (χ2v) is 8.74. The number of phenolic OH excluding ortho intramolecular Hbond substituents is 1. The van der Waals surface area contributed by atoms with Gasteiger partial charge in [0, 0.05) is 5.30 Å². The summed E-state index contributed by atoms with van der Waals surface area (Å²) in [6, 6.07) is 10.3. The Balaban J connectivity index is 1.75. The lowest BCUT2D eigenvalue weighted by Crippen LogP contribution is -2.22. The highest BCUT2D eigenvalue weighted by molar-refractivity contribution is 7.27. The summed E-state index contributed by atoms with van der Waals surface area (Å²) in [6.07, 6.45) is -1.30. The van der Waals surface area contributed by atoms with Crippen LogP contribution in [-0.2, 0) is 17.5 Å². The maximum Gasteiger partial charge on any atom is 0.416 e. The Labute approximate surface area is 202 Å². The van der Waals surface area contributed by atoms with Gasteiger partial charge in [-0.2, -0.15) is 13.2 Å². The first-order chi connectivity index (χ1) is 16.6. The molecule has 2 N–H and O–H groups in total. The molecule has 1 aliphatic carbocycles. The van der Waals surface area contributed by atoms with Gasteiger partial charge in [0.05, 0.1) is 31.9 Å². The molecule has 1 heterocycles. The maximum atomic E-state index is 13.5. The Hall–Kier alpha value is -3.51. The van der Waals surface area contributed by atoms with Crippen LogP contribution < -0.4 is 15.4 Å². The molecule has 1 aliphatic rings. The van der Waals surface area contributed by atoms with Crippen molar-refractivity contribution in [1.29, 1.82) is 0 Å². The zero-order valence-corrected chi connectivity index (χ0v) is 20.1. The third-order valence-corrected chi connectivity index (χ3v) is 6.29. The molecule has 9 heteroatoms. The van der Waals surface area contributed by atoms with Crippen molar-refractivity contribution in [2.75, 3.05) is 7.11 Å². The number of nitrogens with one attached hydrogen (secondary N) is 1. The zero-order valence-electron chi connectivity index (χ0n) is 19.0. The number of benzene rings is 2. The van der Waals surface area contributed by atoms with Crippen molar-refractivity contribution in [2.45, 2.75) is 26.1 Å². The van der Waals surface area contributed by atoms with Crippen molar-refractivity contribution in [3.8, 4) is 11.5 Å². The number of allylic oxidation sites excluding steroid dienone is 2. The number of alkyl halides is 3. The molecule has 0 radical (unpaired) electrons. The van der Waals surface area contributed by atoms with E-state index in [4.69, 9.17) is 9.15 Å². The molecule has 1 aromatic heterocycles. The average molecular weight is 501 g/mol. The van der Waals surface area contributed by atoms with Crippen LogP contribution in [0.5, 0.6) is 11.5 Å². The summed E-state index contributed by atoms with van der Waals surface area (Å²) in [5, 5.41) is 13.4. The van der Waals surface area contributed by atoms with Crippen molar-refractivity contribution >= 4 is 37.7 Å². The van der Waals surface area contributed by atoms with E-state index in [2.05, 4.69) is 14.6 Å². The number of rotatable bonds is 6. The van der Waals surface area contributed by atoms with E-state index in [1.807, 2.05) is 6.08 Å². The van der Waals surface area contributed by atoms with E-state index in [0.717, 1.165) is 12.1 Å². The Morgan fingerprint density at radius 3 is 2.63 bits per heavy atom. The number of carbonyl (C=O) groups excluding carboxylic acids is 1. The van der Waals surface area contributed by atoms with Crippen LogP contribution in [0.25, 0.3) is 17.2 Å². The summed E-state index contributed by atoms with van der Waals surface area (Å²) < 4.78 is 50.8. The number of hydrogen-bond acceptors (Lipinski definition) is 4. The Morgan fingerprint density at radius 1 is 1.20 bits per heavy atom. The fourth-order valence-electron chi connectivity index (χ4n) is 4.06. The quantitative estimate of drug-likeness (QED) is 0.435. The highest BCUT2D eigenvalue weighted by Gasteiger charge is 2.34. The van der Waals surface area contributed by atoms with Gasteiger partial charge in [-0.25, -0.2) is 0 Å². The third kappa shape index (κ3) is 5.13. The Bertz CT molecular complexity index is 1340. The first-order valence-corrected chi connectivity index (χ1v) is 11.3. The van der Waals surface area contributed by atoms with E-state index < -0.39 is 11.7 Å². The number of ether oxygens (including phenoxy) is 1. The molecule has 0 saturated carbocycles. The van der Waals surface area contributed by atoms with Crippen LogP contribution in [0, 0.1) is 0 Å². The van der Waals surface area contributed by atoms with Gasteiger partial charge in [-0.15, -0.1) is 9.24 Å². The van der Waals surface area contributed by atoms with Crippen molar-refractivity contribution < 1.29 is 32.2 Å². The van der Waals surface area contributed by atoms with Gasteiger partial charge in [0.25, 0.3) is 0 Å². The summed E-state index contributed by atoms with van der Waals surface area (Å²) in [7, 11) is 3.86. The van der Waals surface area contributed by atoms with Gasteiger partial charge in [0.2, 0.25) is 5.91 Å². The van der Waals surface area contributed by atoms with E-state index >= 15 is 0 Å². The minimum atomic E-state index is -4.51. The van der Waals surface area contributed by atoms with E-state index in [9.17, 15) is 23.1 Å². The van der Waals surface area contributed by atoms with E-state index in [0.29, 0.717) is 44.5 Å². The lowest BCUT2D eigenvalue weighted by atomic mass is 9.98. The highest BCUT2D eigenvalue weighted by Crippen LogP contribution is 2.46. The number of halogens is 3. The van der Waals surface area contributed by atoms with Gasteiger partial charge in [-0.05, 0) is 82.8 Å². The molecule has 0 aliphatic heterocycles. The molecule has 35 heavy (non-hydrogen) atoms. The van der Waals surface area contributed by atoms with Gasteiger partial charge >= 0.3 is 6.18 Å². The molecule has 182 valence electrons. The lowest BCUT2D eigenvalue weighted by Gasteiger charge is -2.12. The van der Waals surface area contributed by atoms with Crippen molar-refractivity contribution in [3.05, 3.63) is 82.3 Å². The van der Waals surface area contributed by atoms with Crippen LogP contribution in [0.4, 0.5) is 13.2 Å². The summed E-state index contributed by atoms with van der Waals surface area (Å²) in [5.74, 6) is 0.501. The Morgan fingerprint density at radius 2 is 1.97 bits per heavy atom. The molecule has 3 aromatic rings. The first kappa shape index (κ1) is 24.6. The Kier molecular flexibility index (Phi) is 6.77. The fourth-order valence-corrected chi connectivity index (χ4v) is 4.40. The van der Waals surface area contributed by atoms with Crippen LogP contribution in [0.2, 0.25) is 0 Å². The maximum absolute atomic E-state index is 13.5. The van der Waals surface area contributed by atoms with Crippen LogP contribution in [0.15, 0.2) is 58.7 Å². The molecule has 4 rings (SSSR count). The van der Waals surface area contributed by atoms with Crippen LogP contribution in [0.3, 0.4) is 0 Å². The molecule has 0 fully saturated rings. The molecular weight excluding hydrogens is 478 g/mol. The minimum absolute atomic E-state index is 0.0116. The molecular formula is C26H23F3NO4P. The SMILES string of the molecule is COc1cc(/C=C2/C(C)=C(CC(=O)NCc3ccco3)c3cc(C(F)(F)F)ccc32)cc(P)c1O. The molecule has 0 spiro atoms. The summed E-state index contributed by atoms with van der Waals surface area (Å²) >= 11 is 0. The van der Waals surface area contributed by atoms with Gasteiger partial charge in [0.1, 0.15) is 5.76 Å². The number of methoxy groups -OCH3 is 1. The standard InChI is InChI=1S/C26H23F3NO4P/c1-14-19(8-15-9-22(33-2)25(32)23(35)10-15)18-6-5-16(26(27,28)29)11-21(18)20(14)12-24(31)30-13-17-4-3-7-34-17/h3-11,32H,12-13,35H2,1-2H3,(H,30,31)/b19-8-. The minimum Gasteiger partial charge on any atom is -0.504 e. The number of carbonyl (C=O) groups is 1. The monoisotopic (exact) mass is 501 g/mol. The van der Waals surface area contributed by atoms with Gasteiger partial charge in [-0.3, -0.25) is 4.79 Å². The topological polar surface area (TPSA) is 71.7 Å². The molecule has 2 aromatic carbocycles. The predicted octanol–water partition coefficient (Wildman–Crippen LogP) is 5.55. The van der Waals surface area contributed by atoms with E-state index in [1.165, 1.54) is 19.4 Å². The number of phenols is 1. The summed E-state index contributed by atoms with van der Waals surface area (Å²) in [4.78, 5) is 12.7. The normalized spacial score (nSPS) is 14.4. The van der Waals surface area contributed by atoms with Crippen molar-refractivity contribution in [1.82, 2.24) is 5.32 Å². The number of aromatic hydroxyl groups is 1. The predicted molar refractivity (Wildman–Crippen MR) is 131 cm³/mol. The van der Waals surface area contributed by atoms with Gasteiger partial charge < -0.3 is 19.6 Å². The second kappa shape index (κ2) is 9.62. The van der Waals surface area contributed by atoms with Crippen LogP contribution in [0.1, 0.15) is 41.4 Å². The van der Waals surface area contributed by atoms with Gasteiger partial charge in [0.15, 0.2) is 11.5 Å². The fraction of sp³-hybridized carbons (Fsp3) is 0.192. The lowest BCUT2D eigenvalue weighted by molar-refractivity contribution is -0.137. The largest absolute Gasteiger partial charge is 0.504 e. The van der Waals surface area contributed by atoms with Gasteiger partial charge in [-0.1, -0.05) is 6.07 Å². The van der Waals surface area contributed by atoms with Crippen LogP contribution in [-0.4, -0.2) is 18.1 Å². The summed E-state index contributed by atoms with van der Waals surface area (Å²) in [6.45, 7) is 1.97. The number of amides is 1. The molecule has 0 saturated heterocycles. The van der Waals surface area contributed by atoms with Crippen LogP contribution >= 0.6 is 9.24 Å². The second-order valence-electron chi connectivity index (χ2n) is 8.11. The number of fused-ring (bicyclic) bond motifs is 1. The third-order valence-electron chi connectivity index (χ3n) is 5.85.